The smallest absolute Gasteiger partial charge is 0.244 e. The molecule has 1 N–H and O–H groups in total. The number of benzene rings is 1. The molecule has 2 nitrogen and oxygen atoms in total. The minimum atomic E-state index is -0.231. The van der Waals surface area contributed by atoms with Crippen LogP contribution in [0.2, 0.25) is 0 Å². The number of carbonyl (C=O) groups excluding carboxylic acids is 1. The number of rotatable bonds is 2. The lowest BCUT2D eigenvalue weighted by atomic mass is 9.87. The van der Waals surface area contributed by atoms with Crippen molar-refractivity contribution in [2.75, 3.05) is 0 Å². The van der Waals surface area contributed by atoms with Crippen LogP contribution < -0.4 is 5.32 Å². The molecule has 0 unspecified atom stereocenters. The van der Waals surface area contributed by atoms with Gasteiger partial charge in [-0.1, -0.05) is 6.07 Å². The molecule has 100 valence electrons. The minimum Gasteiger partial charge on any atom is -0.350 e. The molecule has 3 rings (SSSR count). The molecule has 0 bridgehead atoms. The fourth-order valence-corrected chi connectivity index (χ4v) is 2.77. The minimum absolute atomic E-state index is 0.0307. The first-order valence-corrected chi connectivity index (χ1v) is 7.02. The molecular formula is C16H18FNO. The molecule has 19 heavy (non-hydrogen) atoms. The molecule has 1 aromatic rings. The van der Waals surface area contributed by atoms with Crippen molar-refractivity contribution in [2.24, 2.45) is 0 Å². The van der Waals surface area contributed by atoms with E-state index in [1.165, 1.54) is 12.5 Å². The number of amides is 1. The van der Waals surface area contributed by atoms with E-state index in [1.807, 2.05) is 6.07 Å². The lowest BCUT2D eigenvalue weighted by molar-refractivity contribution is -0.117. The standard InChI is InChI=1S/C16H18FNO/c17-13-8-7-11-3-1-4-12(15(11)10-13)9-16(19)18-14-5-2-6-14/h7-10,14H,1-6H2,(H,18,19)/b12-9+. The van der Waals surface area contributed by atoms with Gasteiger partial charge in [0.1, 0.15) is 5.82 Å². The molecule has 2 aliphatic rings. The third kappa shape index (κ3) is 2.70. The highest BCUT2D eigenvalue weighted by atomic mass is 19.1. The van der Waals surface area contributed by atoms with Crippen LogP contribution in [0.1, 0.15) is 43.2 Å². The molecule has 1 fully saturated rings. The lowest BCUT2D eigenvalue weighted by Crippen LogP contribution is -2.38. The van der Waals surface area contributed by atoms with E-state index in [0.29, 0.717) is 6.04 Å². The Hall–Kier alpha value is -1.64. The van der Waals surface area contributed by atoms with Crippen LogP contribution in [0.3, 0.4) is 0 Å². The summed E-state index contributed by atoms with van der Waals surface area (Å²) in [5.41, 5.74) is 3.03. The first-order valence-electron chi connectivity index (χ1n) is 7.02. The molecule has 1 amide bonds. The van der Waals surface area contributed by atoms with Gasteiger partial charge in [0, 0.05) is 12.1 Å². The fraction of sp³-hybridized carbons (Fsp3) is 0.438. The van der Waals surface area contributed by atoms with E-state index in [9.17, 15) is 9.18 Å². The molecule has 3 heteroatoms. The van der Waals surface area contributed by atoms with E-state index >= 15 is 0 Å². The molecule has 0 heterocycles. The van der Waals surface area contributed by atoms with Gasteiger partial charge in [0.15, 0.2) is 0 Å². The summed E-state index contributed by atoms with van der Waals surface area (Å²) < 4.78 is 13.4. The van der Waals surface area contributed by atoms with Gasteiger partial charge >= 0.3 is 0 Å². The zero-order chi connectivity index (χ0) is 13.2. The predicted octanol–water partition coefficient (Wildman–Crippen LogP) is 3.21. The van der Waals surface area contributed by atoms with Crippen LogP contribution in [-0.2, 0) is 11.2 Å². The second-order valence-corrected chi connectivity index (χ2v) is 5.46. The van der Waals surface area contributed by atoms with Gasteiger partial charge in [-0.2, -0.15) is 0 Å². The van der Waals surface area contributed by atoms with Gasteiger partial charge in [-0.05, 0) is 67.4 Å². The third-order valence-electron chi connectivity index (χ3n) is 4.07. The van der Waals surface area contributed by atoms with Crippen molar-refractivity contribution in [1.82, 2.24) is 5.32 Å². The summed E-state index contributed by atoms with van der Waals surface area (Å²) in [5, 5.41) is 3.00. The number of hydrogen-bond donors (Lipinski definition) is 1. The Balaban J connectivity index is 1.81. The van der Waals surface area contributed by atoms with Gasteiger partial charge in [0.2, 0.25) is 5.91 Å². The molecule has 1 aromatic carbocycles. The monoisotopic (exact) mass is 259 g/mol. The maximum absolute atomic E-state index is 13.4. The predicted molar refractivity (Wildman–Crippen MR) is 73.1 cm³/mol. The fourth-order valence-electron chi connectivity index (χ4n) is 2.77. The first kappa shape index (κ1) is 12.4. The molecule has 0 spiro atoms. The van der Waals surface area contributed by atoms with Gasteiger partial charge in [0.25, 0.3) is 0 Å². The summed E-state index contributed by atoms with van der Waals surface area (Å²) in [6.45, 7) is 0. The second kappa shape index (κ2) is 5.16. The summed E-state index contributed by atoms with van der Waals surface area (Å²) in [5.74, 6) is -0.261. The maximum atomic E-state index is 13.4. The van der Waals surface area contributed by atoms with Crippen LogP contribution in [0.4, 0.5) is 4.39 Å². The van der Waals surface area contributed by atoms with E-state index in [4.69, 9.17) is 0 Å². The van der Waals surface area contributed by atoms with E-state index in [0.717, 1.165) is 48.8 Å². The largest absolute Gasteiger partial charge is 0.350 e. The molecule has 1 saturated carbocycles. The van der Waals surface area contributed by atoms with Gasteiger partial charge < -0.3 is 5.32 Å². The number of fused-ring (bicyclic) bond motifs is 1. The Kier molecular flexibility index (Phi) is 3.36. The number of aryl methyl sites for hydroxylation is 1. The Morgan fingerprint density at radius 1 is 1.26 bits per heavy atom. The molecule has 0 aromatic heterocycles. The van der Waals surface area contributed by atoms with E-state index < -0.39 is 0 Å². The second-order valence-electron chi connectivity index (χ2n) is 5.46. The quantitative estimate of drug-likeness (QED) is 0.812. The zero-order valence-electron chi connectivity index (χ0n) is 10.9. The van der Waals surface area contributed by atoms with Crippen molar-refractivity contribution in [3.8, 4) is 0 Å². The van der Waals surface area contributed by atoms with Crippen molar-refractivity contribution in [3.05, 3.63) is 41.2 Å². The van der Waals surface area contributed by atoms with Crippen LogP contribution >= 0.6 is 0 Å². The molecule has 0 radical (unpaired) electrons. The highest BCUT2D eigenvalue weighted by Crippen LogP contribution is 2.31. The van der Waals surface area contributed by atoms with E-state index in [2.05, 4.69) is 5.32 Å². The Bertz CT molecular complexity index is 532. The van der Waals surface area contributed by atoms with Gasteiger partial charge in [0.05, 0.1) is 0 Å². The highest BCUT2D eigenvalue weighted by Gasteiger charge is 2.20. The average Bonchev–Trinajstić information content (AvgIpc) is 2.35. The highest BCUT2D eigenvalue weighted by molar-refractivity contribution is 5.96. The maximum Gasteiger partial charge on any atom is 0.244 e. The molecule has 2 aliphatic carbocycles. The van der Waals surface area contributed by atoms with Gasteiger partial charge in [-0.3, -0.25) is 4.79 Å². The summed E-state index contributed by atoms with van der Waals surface area (Å²) in [6, 6.07) is 5.23. The first-order chi connectivity index (χ1) is 9.22. The topological polar surface area (TPSA) is 29.1 Å². The van der Waals surface area contributed by atoms with Crippen LogP contribution in [0.5, 0.6) is 0 Å². The van der Waals surface area contributed by atoms with Gasteiger partial charge in [-0.15, -0.1) is 0 Å². The molecule has 0 saturated heterocycles. The Morgan fingerprint density at radius 2 is 2.11 bits per heavy atom. The number of hydrogen-bond acceptors (Lipinski definition) is 1. The average molecular weight is 259 g/mol. The lowest BCUT2D eigenvalue weighted by Gasteiger charge is -2.26. The van der Waals surface area contributed by atoms with Crippen LogP contribution in [-0.4, -0.2) is 11.9 Å². The molecular weight excluding hydrogens is 241 g/mol. The summed E-state index contributed by atoms with van der Waals surface area (Å²) in [6.07, 6.45) is 7.89. The summed E-state index contributed by atoms with van der Waals surface area (Å²) in [7, 11) is 0. The third-order valence-corrected chi connectivity index (χ3v) is 4.07. The van der Waals surface area contributed by atoms with Crippen LogP contribution in [0.25, 0.3) is 5.57 Å². The van der Waals surface area contributed by atoms with E-state index in [1.54, 1.807) is 12.1 Å². The number of allylic oxidation sites excluding steroid dienone is 1. The van der Waals surface area contributed by atoms with E-state index in [-0.39, 0.29) is 11.7 Å². The van der Waals surface area contributed by atoms with Crippen molar-refractivity contribution in [3.63, 3.8) is 0 Å². The number of nitrogens with one attached hydrogen (secondary N) is 1. The van der Waals surface area contributed by atoms with Crippen LogP contribution in [0, 0.1) is 5.82 Å². The zero-order valence-corrected chi connectivity index (χ0v) is 10.9. The van der Waals surface area contributed by atoms with Gasteiger partial charge in [-0.25, -0.2) is 4.39 Å². The van der Waals surface area contributed by atoms with Crippen LogP contribution in [0.15, 0.2) is 24.3 Å². The van der Waals surface area contributed by atoms with Crippen molar-refractivity contribution < 1.29 is 9.18 Å². The SMILES string of the molecule is O=C(/C=C1\CCCc2ccc(F)cc21)NC1CCC1. The van der Waals surface area contributed by atoms with Crippen molar-refractivity contribution >= 4 is 11.5 Å². The molecule has 0 aliphatic heterocycles. The van der Waals surface area contributed by atoms with Crippen molar-refractivity contribution in [2.45, 2.75) is 44.6 Å². The molecule has 0 atom stereocenters. The Labute approximate surface area is 112 Å². The number of carbonyl (C=O) groups is 1. The normalized spacial score (nSPS) is 20.8. The van der Waals surface area contributed by atoms with Crippen molar-refractivity contribution in [1.29, 1.82) is 0 Å². The number of halogens is 1. The Morgan fingerprint density at radius 3 is 2.84 bits per heavy atom. The summed E-state index contributed by atoms with van der Waals surface area (Å²) >= 11 is 0. The summed E-state index contributed by atoms with van der Waals surface area (Å²) in [4.78, 5) is 11.9.